The summed E-state index contributed by atoms with van der Waals surface area (Å²) in [6, 6.07) is 7.87. The Bertz CT molecular complexity index is 477. The van der Waals surface area contributed by atoms with E-state index >= 15 is 0 Å². The van der Waals surface area contributed by atoms with Crippen LogP contribution >= 0.6 is 0 Å². The summed E-state index contributed by atoms with van der Waals surface area (Å²) in [5.74, 6) is -0.376. The van der Waals surface area contributed by atoms with Gasteiger partial charge in [-0.25, -0.2) is 0 Å². The molecular weight excluding hydrogens is 270 g/mol. The van der Waals surface area contributed by atoms with E-state index in [0.29, 0.717) is 26.4 Å². The Hall–Kier alpha value is -1.59. The number of hydrogen-bond acceptors (Lipinski definition) is 4. The number of aliphatic carboxylic acids is 1. The molecule has 1 aliphatic heterocycles. The van der Waals surface area contributed by atoms with Crippen LogP contribution in [0.4, 0.5) is 0 Å². The minimum atomic E-state index is -0.788. The minimum absolute atomic E-state index is 0.0808. The average Bonchev–Trinajstić information content (AvgIpc) is 2.95. The number of likely N-dealkylation sites (N-methyl/N-ethyl adjacent to an activating group) is 1. The SMILES string of the molecule is CCCOc1cccc(CN(C)C2COCC2C(=O)O)c1. The lowest BCUT2D eigenvalue weighted by molar-refractivity contribution is -0.143. The van der Waals surface area contributed by atoms with E-state index in [0.717, 1.165) is 17.7 Å². The Kier molecular flexibility index (Phi) is 5.59. The molecule has 1 N–H and O–H groups in total. The van der Waals surface area contributed by atoms with Gasteiger partial charge in [-0.2, -0.15) is 0 Å². The number of benzene rings is 1. The van der Waals surface area contributed by atoms with Gasteiger partial charge in [-0.05, 0) is 31.2 Å². The first kappa shape index (κ1) is 15.8. The van der Waals surface area contributed by atoms with Crippen molar-refractivity contribution in [1.29, 1.82) is 0 Å². The van der Waals surface area contributed by atoms with Crippen molar-refractivity contribution in [2.75, 3.05) is 26.9 Å². The van der Waals surface area contributed by atoms with Crippen LogP contribution in [0.1, 0.15) is 18.9 Å². The molecule has 0 radical (unpaired) electrons. The highest BCUT2D eigenvalue weighted by molar-refractivity contribution is 5.71. The van der Waals surface area contributed by atoms with Crippen LogP contribution < -0.4 is 4.74 Å². The third kappa shape index (κ3) is 4.19. The number of carboxylic acids is 1. The second kappa shape index (κ2) is 7.43. The molecule has 5 nitrogen and oxygen atoms in total. The van der Waals surface area contributed by atoms with Crippen LogP contribution in [-0.4, -0.2) is 48.9 Å². The van der Waals surface area contributed by atoms with Gasteiger partial charge in [0.15, 0.2) is 0 Å². The summed E-state index contributed by atoms with van der Waals surface area (Å²) in [4.78, 5) is 13.3. The number of rotatable bonds is 7. The maximum absolute atomic E-state index is 11.2. The predicted octanol–water partition coefficient (Wildman–Crippen LogP) is 2.01. The van der Waals surface area contributed by atoms with E-state index in [-0.39, 0.29) is 6.04 Å². The van der Waals surface area contributed by atoms with Gasteiger partial charge in [0.05, 0.1) is 25.7 Å². The van der Waals surface area contributed by atoms with E-state index in [4.69, 9.17) is 9.47 Å². The summed E-state index contributed by atoms with van der Waals surface area (Å²) in [5, 5.41) is 9.21. The van der Waals surface area contributed by atoms with Crippen molar-refractivity contribution < 1.29 is 19.4 Å². The quantitative estimate of drug-likeness (QED) is 0.833. The molecule has 1 aromatic carbocycles. The van der Waals surface area contributed by atoms with Gasteiger partial charge in [-0.3, -0.25) is 9.69 Å². The zero-order chi connectivity index (χ0) is 15.2. The van der Waals surface area contributed by atoms with Gasteiger partial charge in [0.2, 0.25) is 0 Å². The van der Waals surface area contributed by atoms with Crippen molar-refractivity contribution in [3.63, 3.8) is 0 Å². The van der Waals surface area contributed by atoms with E-state index < -0.39 is 11.9 Å². The second-order valence-corrected chi connectivity index (χ2v) is 5.46. The molecule has 0 spiro atoms. The highest BCUT2D eigenvalue weighted by Gasteiger charge is 2.36. The van der Waals surface area contributed by atoms with Gasteiger partial charge < -0.3 is 14.6 Å². The molecule has 2 unspecified atom stereocenters. The van der Waals surface area contributed by atoms with Gasteiger partial charge in [0.25, 0.3) is 0 Å². The fourth-order valence-corrected chi connectivity index (χ4v) is 2.57. The molecule has 0 aliphatic carbocycles. The lowest BCUT2D eigenvalue weighted by atomic mass is 10.0. The zero-order valence-corrected chi connectivity index (χ0v) is 12.6. The Morgan fingerprint density at radius 1 is 1.48 bits per heavy atom. The third-order valence-corrected chi connectivity index (χ3v) is 3.74. The highest BCUT2D eigenvalue weighted by Crippen LogP contribution is 2.22. The molecule has 0 aromatic heterocycles. The van der Waals surface area contributed by atoms with Gasteiger partial charge in [-0.1, -0.05) is 19.1 Å². The van der Waals surface area contributed by atoms with Gasteiger partial charge in [0.1, 0.15) is 5.75 Å². The molecule has 0 bridgehead atoms. The Morgan fingerprint density at radius 2 is 2.29 bits per heavy atom. The monoisotopic (exact) mass is 293 g/mol. The molecule has 1 heterocycles. The van der Waals surface area contributed by atoms with Crippen LogP contribution in [0.15, 0.2) is 24.3 Å². The molecule has 0 saturated carbocycles. The molecule has 1 saturated heterocycles. The summed E-state index contributed by atoms with van der Waals surface area (Å²) in [6.45, 7) is 4.23. The van der Waals surface area contributed by atoms with Gasteiger partial charge in [0, 0.05) is 12.6 Å². The second-order valence-electron chi connectivity index (χ2n) is 5.46. The van der Waals surface area contributed by atoms with E-state index in [9.17, 15) is 9.90 Å². The fourth-order valence-electron chi connectivity index (χ4n) is 2.57. The molecule has 1 fully saturated rings. The molecule has 0 amide bonds. The summed E-state index contributed by atoms with van der Waals surface area (Å²) in [5.41, 5.74) is 1.11. The predicted molar refractivity (Wildman–Crippen MR) is 79.4 cm³/mol. The van der Waals surface area contributed by atoms with Crippen molar-refractivity contribution in [3.8, 4) is 5.75 Å². The van der Waals surface area contributed by atoms with Crippen LogP contribution in [0.2, 0.25) is 0 Å². The topological polar surface area (TPSA) is 59.0 Å². The van der Waals surface area contributed by atoms with Crippen molar-refractivity contribution in [3.05, 3.63) is 29.8 Å². The van der Waals surface area contributed by atoms with Gasteiger partial charge >= 0.3 is 5.97 Å². The van der Waals surface area contributed by atoms with Crippen molar-refractivity contribution in [1.82, 2.24) is 4.90 Å². The maximum atomic E-state index is 11.2. The lowest BCUT2D eigenvalue weighted by Gasteiger charge is -2.26. The summed E-state index contributed by atoms with van der Waals surface area (Å²) in [6.07, 6.45) is 0.976. The molecule has 1 aliphatic rings. The Morgan fingerprint density at radius 3 is 3.00 bits per heavy atom. The van der Waals surface area contributed by atoms with Crippen LogP contribution in [0, 0.1) is 5.92 Å². The minimum Gasteiger partial charge on any atom is -0.494 e. The smallest absolute Gasteiger partial charge is 0.310 e. The molecule has 5 heteroatoms. The maximum Gasteiger partial charge on any atom is 0.310 e. The normalized spacial score (nSPS) is 21.7. The molecule has 2 atom stereocenters. The number of carbonyl (C=O) groups is 1. The van der Waals surface area contributed by atoms with E-state index in [1.165, 1.54) is 0 Å². The first-order valence-electron chi connectivity index (χ1n) is 7.34. The van der Waals surface area contributed by atoms with Crippen molar-refractivity contribution >= 4 is 5.97 Å². The largest absolute Gasteiger partial charge is 0.494 e. The lowest BCUT2D eigenvalue weighted by Crippen LogP contribution is -2.40. The third-order valence-electron chi connectivity index (χ3n) is 3.74. The van der Waals surface area contributed by atoms with Crippen LogP contribution in [0.5, 0.6) is 5.75 Å². The van der Waals surface area contributed by atoms with Crippen molar-refractivity contribution in [2.45, 2.75) is 25.9 Å². The first-order chi connectivity index (χ1) is 10.1. The fraction of sp³-hybridized carbons (Fsp3) is 0.562. The summed E-state index contributed by atoms with van der Waals surface area (Å²) in [7, 11) is 1.94. The summed E-state index contributed by atoms with van der Waals surface area (Å²) >= 11 is 0. The van der Waals surface area contributed by atoms with Gasteiger partial charge in [-0.15, -0.1) is 0 Å². The van der Waals surface area contributed by atoms with Crippen LogP contribution in [-0.2, 0) is 16.1 Å². The van der Waals surface area contributed by atoms with Crippen molar-refractivity contribution in [2.24, 2.45) is 5.92 Å². The van der Waals surface area contributed by atoms with E-state index in [1.54, 1.807) is 0 Å². The van der Waals surface area contributed by atoms with Crippen LogP contribution in [0.3, 0.4) is 0 Å². The highest BCUT2D eigenvalue weighted by atomic mass is 16.5. The summed E-state index contributed by atoms with van der Waals surface area (Å²) < 4.78 is 10.9. The zero-order valence-electron chi connectivity index (χ0n) is 12.6. The van der Waals surface area contributed by atoms with E-state index in [2.05, 4.69) is 6.92 Å². The molecule has 1 aromatic rings. The number of hydrogen-bond donors (Lipinski definition) is 1. The molecule has 116 valence electrons. The Labute approximate surface area is 125 Å². The standard InChI is InChI=1S/C16H23NO4/c1-3-7-21-13-6-4-5-12(8-13)9-17(2)15-11-20-10-14(15)16(18)19/h4-6,8,14-15H,3,7,9-11H2,1-2H3,(H,18,19). The van der Waals surface area contributed by atoms with Crippen LogP contribution in [0.25, 0.3) is 0 Å². The Balaban J connectivity index is 1.98. The number of ether oxygens (including phenoxy) is 2. The molecule has 2 rings (SSSR count). The number of nitrogens with zero attached hydrogens (tertiary/aromatic N) is 1. The average molecular weight is 293 g/mol. The molecule has 21 heavy (non-hydrogen) atoms. The molecular formula is C16H23NO4. The van der Waals surface area contributed by atoms with E-state index in [1.807, 2.05) is 36.2 Å². The number of carboxylic acid groups (broad SMARTS) is 1. The first-order valence-corrected chi connectivity index (χ1v) is 7.34.